The van der Waals surface area contributed by atoms with Crippen molar-refractivity contribution >= 4 is 52.2 Å². The fourth-order valence-electron chi connectivity index (χ4n) is 2.43. The Morgan fingerprint density at radius 3 is 2.55 bits per heavy atom. The van der Waals surface area contributed by atoms with Gasteiger partial charge in [0.25, 0.3) is 0 Å². The highest BCUT2D eigenvalue weighted by Gasteiger charge is 2.63. The number of esters is 2. The van der Waals surface area contributed by atoms with Crippen molar-refractivity contribution in [3.05, 3.63) is 0 Å². The number of carbonyl (C=O) groups excluding carboxylic acids is 3. The topological polar surface area (TPSA) is 72.9 Å². The van der Waals surface area contributed by atoms with Gasteiger partial charge in [0.1, 0.15) is 15.3 Å². The van der Waals surface area contributed by atoms with Gasteiger partial charge in [0.2, 0.25) is 12.2 Å². The number of carbonyl (C=O) groups is 3. The van der Waals surface area contributed by atoms with Crippen LogP contribution in [0, 0.1) is 0 Å². The van der Waals surface area contributed by atoms with Crippen LogP contribution in [0.3, 0.4) is 0 Å². The molecule has 112 valence electrons. The number of amides is 1. The lowest BCUT2D eigenvalue weighted by Gasteiger charge is -2.41. The first-order valence-corrected chi connectivity index (χ1v) is 8.29. The number of hydrogen-bond acceptors (Lipinski definition) is 6. The Labute approximate surface area is 135 Å². The molecule has 0 radical (unpaired) electrons. The molecule has 8 heteroatoms. The Morgan fingerprint density at radius 1 is 1.40 bits per heavy atom. The van der Waals surface area contributed by atoms with Gasteiger partial charge in [-0.3, -0.25) is 9.59 Å². The third-order valence-electron chi connectivity index (χ3n) is 3.21. The summed E-state index contributed by atoms with van der Waals surface area (Å²) in [6, 6.07) is -0.644. The van der Waals surface area contributed by atoms with Crippen LogP contribution in [0.1, 0.15) is 27.7 Å². The van der Waals surface area contributed by atoms with Crippen molar-refractivity contribution < 1.29 is 23.9 Å². The highest BCUT2D eigenvalue weighted by molar-refractivity contribution is 14.1. The normalized spacial score (nSPS) is 32.1. The molecule has 0 aromatic rings. The summed E-state index contributed by atoms with van der Waals surface area (Å²) in [5.74, 6) is -1.10. The van der Waals surface area contributed by atoms with Crippen LogP contribution in [0.5, 0.6) is 0 Å². The van der Waals surface area contributed by atoms with Crippen LogP contribution in [0.2, 0.25) is 0 Å². The van der Waals surface area contributed by atoms with E-state index in [1.807, 2.05) is 13.8 Å². The molecule has 0 aliphatic carbocycles. The van der Waals surface area contributed by atoms with Crippen LogP contribution in [0.4, 0.5) is 0 Å². The number of alkyl halides is 1. The van der Waals surface area contributed by atoms with E-state index in [4.69, 9.17) is 9.47 Å². The summed E-state index contributed by atoms with van der Waals surface area (Å²) in [4.78, 5) is 36.6. The second-order valence-electron chi connectivity index (χ2n) is 5.28. The maximum absolute atomic E-state index is 12.3. The number of rotatable bonds is 3. The molecule has 2 heterocycles. The predicted molar refractivity (Wildman–Crippen MR) is 81.2 cm³/mol. The number of nitrogens with zero attached hydrogens (tertiary/aromatic N) is 1. The van der Waals surface area contributed by atoms with Crippen molar-refractivity contribution in [1.29, 1.82) is 0 Å². The first-order valence-electron chi connectivity index (χ1n) is 6.17. The highest BCUT2D eigenvalue weighted by Crippen LogP contribution is 2.53. The smallest absolute Gasteiger partial charge is 0.333 e. The van der Waals surface area contributed by atoms with Gasteiger partial charge in [-0.15, -0.1) is 11.8 Å². The summed E-state index contributed by atoms with van der Waals surface area (Å²) in [5.41, 5.74) is 0. The van der Waals surface area contributed by atoms with E-state index in [0.29, 0.717) is 0 Å². The van der Waals surface area contributed by atoms with Gasteiger partial charge < -0.3 is 14.4 Å². The molecule has 2 aliphatic heterocycles. The van der Waals surface area contributed by atoms with E-state index >= 15 is 0 Å². The molecule has 0 bridgehead atoms. The average Bonchev–Trinajstić information content (AvgIpc) is 2.56. The van der Waals surface area contributed by atoms with Crippen LogP contribution in [0.15, 0.2) is 0 Å². The lowest BCUT2D eigenvalue weighted by atomic mass is 9.98. The molecule has 20 heavy (non-hydrogen) atoms. The fraction of sp³-hybridized carbons (Fsp3) is 0.750. The van der Waals surface area contributed by atoms with E-state index < -0.39 is 29.0 Å². The van der Waals surface area contributed by atoms with E-state index in [-0.39, 0.29) is 15.2 Å². The van der Waals surface area contributed by atoms with E-state index in [1.54, 1.807) is 16.7 Å². The number of halogens is 1. The number of hydrogen-bond donors (Lipinski definition) is 0. The van der Waals surface area contributed by atoms with Crippen LogP contribution in [0.25, 0.3) is 0 Å². The molecule has 6 nitrogen and oxygen atoms in total. The van der Waals surface area contributed by atoms with Crippen molar-refractivity contribution in [2.45, 2.75) is 54.1 Å². The lowest BCUT2D eigenvalue weighted by Crippen LogP contribution is -2.63. The first-order chi connectivity index (χ1) is 9.15. The largest absolute Gasteiger partial charge is 0.426 e. The summed E-state index contributed by atoms with van der Waals surface area (Å²) >= 11 is 3.69. The van der Waals surface area contributed by atoms with Crippen LogP contribution in [-0.4, -0.2) is 49.1 Å². The first kappa shape index (κ1) is 15.9. The molecule has 1 amide bonds. The number of β-lactam (4-membered cyclic amide) rings is 1. The van der Waals surface area contributed by atoms with E-state index in [9.17, 15) is 14.4 Å². The lowest BCUT2D eigenvalue weighted by molar-refractivity contribution is -0.189. The van der Waals surface area contributed by atoms with Crippen molar-refractivity contribution in [2.24, 2.45) is 0 Å². The van der Waals surface area contributed by atoms with E-state index in [1.165, 1.54) is 13.8 Å². The second kappa shape index (κ2) is 5.36. The minimum atomic E-state index is -0.952. The summed E-state index contributed by atoms with van der Waals surface area (Å²) in [6.45, 7) is 6.55. The average molecular weight is 413 g/mol. The molecule has 4 atom stereocenters. The van der Waals surface area contributed by atoms with Gasteiger partial charge in [-0.25, -0.2) is 4.79 Å². The predicted octanol–water partition coefficient (Wildman–Crippen LogP) is 1.30. The molecule has 2 aliphatic rings. The Balaban J connectivity index is 2.08. The van der Waals surface area contributed by atoms with Crippen molar-refractivity contribution in [2.75, 3.05) is 0 Å². The van der Waals surface area contributed by atoms with Crippen molar-refractivity contribution in [3.8, 4) is 0 Å². The number of thioether (sulfide) groups is 1. The molecule has 1 unspecified atom stereocenters. The molecule has 2 fully saturated rings. The zero-order valence-corrected chi connectivity index (χ0v) is 14.6. The second-order valence-corrected chi connectivity index (χ2v) is 8.39. The maximum atomic E-state index is 12.3. The quantitative estimate of drug-likeness (QED) is 0.228. The summed E-state index contributed by atoms with van der Waals surface area (Å²) in [5, 5.41) is 0.0136. The molecule has 0 aromatic heterocycles. The Hall–Kier alpha value is -0.510. The van der Waals surface area contributed by atoms with Gasteiger partial charge in [-0.1, -0.05) is 22.6 Å². The maximum Gasteiger partial charge on any atom is 0.333 e. The molecular formula is C12H16INO5S. The van der Waals surface area contributed by atoms with E-state index in [2.05, 4.69) is 22.6 Å². The van der Waals surface area contributed by atoms with Crippen molar-refractivity contribution in [1.82, 2.24) is 4.90 Å². The van der Waals surface area contributed by atoms with E-state index in [0.717, 1.165) is 0 Å². The van der Waals surface area contributed by atoms with Gasteiger partial charge >= 0.3 is 11.9 Å². The Morgan fingerprint density at radius 2 is 2.00 bits per heavy atom. The third kappa shape index (κ3) is 2.63. The molecule has 0 aromatic carbocycles. The zero-order valence-electron chi connectivity index (χ0n) is 11.6. The molecular weight excluding hydrogens is 397 g/mol. The minimum Gasteiger partial charge on any atom is -0.426 e. The van der Waals surface area contributed by atoms with Crippen LogP contribution in [-0.2, 0) is 23.9 Å². The van der Waals surface area contributed by atoms with Crippen LogP contribution >= 0.6 is 34.4 Å². The molecule has 2 rings (SSSR count). The Kier molecular flexibility index (Phi) is 4.25. The minimum absolute atomic E-state index is 0.0136. The third-order valence-corrected chi connectivity index (χ3v) is 6.49. The highest BCUT2D eigenvalue weighted by atomic mass is 127. The molecule has 2 saturated heterocycles. The molecule has 0 spiro atoms. The van der Waals surface area contributed by atoms with Gasteiger partial charge in [0.05, 0.1) is 0 Å². The molecule has 0 N–H and O–H groups in total. The monoisotopic (exact) mass is 413 g/mol. The summed E-state index contributed by atoms with van der Waals surface area (Å²) in [7, 11) is 0. The Bertz CT molecular complexity index is 469. The number of ether oxygens (including phenoxy) is 2. The summed E-state index contributed by atoms with van der Waals surface area (Å²) in [6.07, 6.45) is -0.952. The number of fused-ring (bicyclic) bond motifs is 1. The van der Waals surface area contributed by atoms with Crippen LogP contribution < -0.4 is 0 Å². The summed E-state index contributed by atoms with van der Waals surface area (Å²) < 4.78 is 9.39. The zero-order chi connectivity index (χ0) is 15.2. The SMILES string of the molecule is CC(=O)OC(C)OC(=O)[C@@H]1N2C(=O)[C@@H](I)[C@H]2SC1(C)C. The molecule has 0 saturated carbocycles. The van der Waals surface area contributed by atoms with Gasteiger partial charge in [0, 0.05) is 18.6 Å². The van der Waals surface area contributed by atoms with Gasteiger partial charge in [-0.05, 0) is 13.8 Å². The standard InChI is InChI=1S/C12H16INO5S/c1-5(15)18-6(2)19-11(17)8-12(3,4)20-10-7(13)9(16)14(8)10/h6-8,10H,1-4H3/t6?,7-,8+,10-/m1/s1. The fourth-order valence-corrected chi connectivity index (χ4v) is 5.08. The van der Waals surface area contributed by atoms with Gasteiger partial charge in [-0.2, -0.15) is 0 Å². The van der Waals surface area contributed by atoms with Gasteiger partial charge in [0.15, 0.2) is 0 Å². The van der Waals surface area contributed by atoms with Crippen molar-refractivity contribution in [3.63, 3.8) is 0 Å².